The minimum Gasteiger partial charge on any atom is -0.368 e. The van der Waals surface area contributed by atoms with Gasteiger partial charge in [0, 0.05) is 11.3 Å². The Hall–Kier alpha value is -2.87. The summed E-state index contributed by atoms with van der Waals surface area (Å²) in [6.45, 7) is -0.274. The molecule has 2 heterocycles. The van der Waals surface area contributed by atoms with Crippen molar-refractivity contribution in [1.82, 2.24) is 0 Å². The molecule has 132 valence electrons. The third-order valence-corrected chi connectivity index (χ3v) is 5.85. The number of carbonyl (C=O) groups excluding carboxylic acids is 3. The van der Waals surface area contributed by atoms with Gasteiger partial charge in [0.25, 0.3) is 5.91 Å². The molecular formula is C18H14FN3O3S. The van der Waals surface area contributed by atoms with Gasteiger partial charge in [0.2, 0.25) is 16.7 Å². The summed E-state index contributed by atoms with van der Waals surface area (Å²) < 4.78 is 13.3. The Morgan fingerprint density at radius 3 is 2.54 bits per heavy atom. The van der Waals surface area contributed by atoms with E-state index >= 15 is 0 Å². The molecule has 2 aliphatic rings. The van der Waals surface area contributed by atoms with Crippen molar-refractivity contribution in [3.05, 3.63) is 59.9 Å². The number of amides is 3. The van der Waals surface area contributed by atoms with Gasteiger partial charge in [-0.2, -0.15) is 0 Å². The van der Waals surface area contributed by atoms with Gasteiger partial charge in [-0.25, -0.2) is 4.39 Å². The lowest BCUT2D eigenvalue weighted by atomic mass is 10.0. The molecule has 8 heteroatoms. The zero-order valence-electron chi connectivity index (χ0n) is 13.5. The van der Waals surface area contributed by atoms with Crippen LogP contribution >= 0.6 is 11.8 Å². The highest BCUT2D eigenvalue weighted by Crippen LogP contribution is 2.55. The molecule has 1 spiro atoms. The Morgan fingerprint density at radius 2 is 1.85 bits per heavy atom. The van der Waals surface area contributed by atoms with Crippen molar-refractivity contribution in [3.8, 4) is 0 Å². The van der Waals surface area contributed by atoms with Crippen LogP contribution < -0.4 is 15.5 Å². The first-order valence-electron chi connectivity index (χ1n) is 7.87. The van der Waals surface area contributed by atoms with Crippen molar-refractivity contribution < 1.29 is 18.8 Å². The van der Waals surface area contributed by atoms with Gasteiger partial charge in [-0.15, -0.1) is 11.8 Å². The van der Waals surface area contributed by atoms with Gasteiger partial charge < -0.3 is 5.73 Å². The van der Waals surface area contributed by atoms with Crippen LogP contribution in [-0.2, 0) is 19.3 Å². The highest BCUT2D eigenvalue weighted by atomic mass is 32.2. The van der Waals surface area contributed by atoms with Crippen LogP contribution in [0.4, 0.5) is 15.8 Å². The third kappa shape index (κ3) is 2.22. The van der Waals surface area contributed by atoms with E-state index in [-0.39, 0.29) is 18.2 Å². The number of thioether (sulfide) groups is 1. The van der Waals surface area contributed by atoms with Gasteiger partial charge in [0.1, 0.15) is 12.4 Å². The molecule has 6 nitrogen and oxygen atoms in total. The number of nitrogens with zero attached hydrogens (tertiary/aromatic N) is 2. The van der Waals surface area contributed by atoms with Crippen molar-refractivity contribution in [2.24, 2.45) is 5.73 Å². The molecule has 1 saturated heterocycles. The quantitative estimate of drug-likeness (QED) is 0.888. The fraction of sp³-hybridized carbons (Fsp3) is 0.167. The molecule has 26 heavy (non-hydrogen) atoms. The first kappa shape index (κ1) is 16.6. The van der Waals surface area contributed by atoms with Crippen LogP contribution in [0.5, 0.6) is 0 Å². The molecule has 2 aromatic carbocycles. The van der Waals surface area contributed by atoms with Crippen molar-refractivity contribution in [1.29, 1.82) is 0 Å². The number of primary amides is 1. The van der Waals surface area contributed by atoms with Crippen molar-refractivity contribution in [3.63, 3.8) is 0 Å². The minimum atomic E-state index is -1.32. The number of carbonyl (C=O) groups is 3. The van der Waals surface area contributed by atoms with E-state index in [2.05, 4.69) is 0 Å². The molecule has 0 radical (unpaired) electrons. The number of para-hydroxylation sites is 1. The molecule has 1 unspecified atom stereocenters. The largest absolute Gasteiger partial charge is 0.368 e. The van der Waals surface area contributed by atoms with Gasteiger partial charge in [0.05, 0.1) is 11.4 Å². The lowest BCUT2D eigenvalue weighted by Gasteiger charge is -2.33. The second-order valence-corrected chi connectivity index (χ2v) is 7.18. The number of nitrogens with two attached hydrogens (primary N) is 1. The number of anilines is 2. The van der Waals surface area contributed by atoms with Crippen molar-refractivity contribution in [2.45, 2.75) is 4.87 Å². The van der Waals surface area contributed by atoms with Crippen LogP contribution in [0, 0.1) is 5.82 Å². The van der Waals surface area contributed by atoms with E-state index in [0.717, 1.165) is 0 Å². The van der Waals surface area contributed by atoms with Crippen LogP contribution in [0.2, 0.25) is 0 Å². The fourth-order valence-corrected chi connectivity index (χ4v) is 4.82. The maximum absolute atomic E-state index is 13.3. The molecule has 1 atom stereocenters. The Balaban J connectivity index is 1.91. The molecular weight excluding hydrogens is 357 g/mol. The van der Waals surface area contributed by atoms with E-state index in [9.17, 15) is 18.8 Å². The molecule has 0 saturated carbocycles. The molecule has 4 rings (SSSR count). The van der Waals surface area contributed by atoms with Crippen LogP contribution in [0.15, 0.2) is 48.5 Å². The van der Waals surface area contributed by atoms with E-state index in [4.69, 9.17) is 5.73 Å². The molecule has 0 bridgehead atoms. The SMILES string of the molecule is NC(=O)CN1C(=O)C2(SCC(=O)N2c2ccc(F)cc2)c2ccccc21. The first-order chi connectivity index (χ1) is 12.4. The number of benzene rings is 2. The predicted octanol–water partition coefficient (Wildman–Crippen LogP) is 1.59. The molecule has 2 aliphatic heterocycles. The molecule has 0 aliphatic carbocycles. The topological polar surface area (TPSA) is 83.7 Å². The smallest absolute Gasteiger partial charge is 0.269 e. The number of fused-ring (bicyclic) bond motifs is 2. The third-order valence-electron chi connectivity index (χ3n) is 4.46. The number of hydrogen-bond donors (Lipinski definition) is 1. The Morgan fingerprint density at radius 1 is 1.15 bits per heavy atom. The second kappa shape index (κ2) is 5.84. The Bertz CT molecular complexity index is 934. The van der Waals surface area contributed by atoms with Crippen LogP contribution in [0.3, 0.4) is 0 Å². The average Bonchev–Trinajstić information content (AvgIpc) is 3.08. The molecule has 0 aromatic heterocycles. The van der Waals surface area contributed by atoms with Gasteiger partial charge in [-0.1, -0.05) is 18.2 Å². The maximum atomic E-state index is 13.3. The highest BCUT2D eigenvalue weighted by Gasteiger charge is 2.61. The average molecular weight is 371 g/mol. The number of rotatable bonds is 3. The summed E-state index contributed by atoms with van der Waals surface area (Å²) in [4.78, 5) is 38.8. The summed E-state index contributed by atoms with van der Waals surface area (Å²) in [6, 6.07) is 12.4. The summed E-state index contributed by atoms with van der Waals surface area (Å²) in [5.74, 6) is -1.64. The van der Waals surface area contributed by atoms with E-state index < -0.39 is 22.5 Å². The van der Waals surface area contributed by atoms with Gasteiger partial charge >= 0.3 is 0 Å². The molecule has 1 fully saturated rings. The molecule has 3 amide bonds. The predicted molar refractivity (Wildman–Crippen MR) is 96.0 cm³/mol. The van der Waals surface area contributed by atoms with E-state index in [0.29, 0.717) is 16.9 Å². The summed E-state index contributed by atoms with van der Waals surface area (Å²) in [6.07, 6.45) is 0. The van der Waals surface area contributed by atoms with Crippen molar-refractivity contribution in [2.75, 3.05) is 22.1 Å². The standard InChI is InChI=1S/C18H14FN3O3S/c19-11-5-7-12(8-6-11)22-16(24)10-26-18(22)13-3-1-2-4-14(13)21(17(18)25)9-15(20)23/h1-8H,9-10H2,(H2,20,23). The van der Waals surface area contributed by atoms with Gasteiger partial charge in [-0.05, 0) is 30.3 Å². The monoisotopic (exact) mass is 371 g/mol. The Labute approximate surface area is 152 Å². The van der Waals surface area contributed by atoms with Crippen LogP contribution in [0.1, 0.15) is 5.56 Å². The van der Waals surface area contributed by atoms with Gasteiger partial charge in [-0.3, -0.25) is 24.2 Å². The molecule has 2 N–H and O–H groups in total. The van der Waals surface area contributed by atoms with E-state index in [1.165, 1.54) is 45.8 Å². The van der Waals surface area contributed by atoms with E-state index in [1.54, 1.807) is 24.3 Å². The summed E-state index contributed by atoms with van der Waals surface area (Å²) in [7, 11) is 0. The normalized spacial score (nSPS) is 21.6. The number of hydrogen-bond acceptors (Lipinski definition) is 4. The summed E-state index contributed by atoms with van der Waals surface area (Å²) in [5, 5.41) is 0. The fourth-order valence-electron chi connectivity index (χ4n) is 3.46. The lowest BCUT2D eigenvalue weighted by Crippen LogP contribution is -2.51. The minimum absolute atomic E-state index is 0.0991. The number of halogens is 1. The molecule has 2 aromatic rings. The zero-order chi connectivity index (χ0) is 18.5. The summed E-state index contributed by atoms with van der Waals surface area (Å²) >= 11 is 1.19. The summed E-state index contributed by atoms with van der Waals surface area (Å²) in [5.41, 5.74) is 6.89. The highest BCUT2D eigenvalue weighted by molar-refractivity contribution is 8.02. The van der Waals surface area contributed by atoms with Crippen LogP contribution in [0.25, 0.3) is 0 Å². The maximum Gasteiger partial charge on any atom is 0.269 e. The van der Waals surface area contributed by atoms with Gasteiger partial charge in [0.15, 0.2) is 0 Å². The first-order valence-corrected chi connectivity index (χ1v) is 8.86. The zero-order valence-corrected chi connectivity index (χ0v) is 14.3. The van der Waals surface area contributed by atoms with E-state index in [1.807, 2.05) is 0 Å². The van der Waals surface area contributed by atoms with Crippen LogP contribution in [-0.4, -0.2) is 30.0 Å². The lowest BCUT2D eigenvalue weighted by molar-refractivity contribution is -0.125. The second-order valence-electron chi connectivity index (χ2n) is 6.01. The Kier molecular flexibility index (Phi) is 3.73. The van der Waals surface area contributed by atoms with Crippen molar-refractivity contribution >= 4 is 40.9 Å².